The summed E-state index contributed by atoms with van der Waals surface area (Å²) in [7, 11) is -3.17. The summed E-state index contributed by atoms with van der Waals surface area (Å²) in [5, 5.41) is 3.55. The molecule has 2 unspecified atom stereocenters. The minimum absolute atomic E-state index is 0.452. The third-order valence-electron chi connectivity index (χ3n) is 4.20. The van der Waals surface area contributed by atoms with Gasteiger partial charge in [0.2, 0.25) is 0 Å². The Kier molecular flexibility index (Phi) is 3.27. The number of hydrogen-bond acceptors (Lipinski definition) is 4. The Hall–Kier alpha value is -1.07. The SMILES string of the molecule is CS(=O)(=O)c1ccccc1N1CC2CCCNC2C1. The van der Waals surface area contributed by atoms with Gasteiger partial charge in [0, 0.05) is 25.4 Å². The molecule has 2 aliphatic rings. The monoisotopic (exact) mass is 280 g/mol. The third kappa shape index (κ3) is 2.49. The van der Waals surface area contributed by atoms with Gasteiger partial charge in [-0.25, -0.2) is 8.42 Å². The van der Waals surface area contributed by atoms with Crippen molar-refractivity contribution < 1.29 is 8.42 Å². The number of nitrogens with zero attached hydrogens (tertiary/aromatic N) is 1. The van der Waals surface area contributed by atoms with Crippen LogP contribution in [0.25, 0.3) is 0 Å². The lowest BCUT2D eigenvalue weighted by atomic mass is 9.94. The lowest BCUT2D eigenvalue weighted by Gasteiger charge is -2.24. The highest BCUT2D eigenvalue weighted by molar-refractivity contribution is 7.90. The van der Waals surface area contributed by atoms with Gasteiger partial charge in [0.15, 0.2) is 9.84 Å². The van der Waals surface area contributed by atoms with Crippen LogP contribution in [0.15, 0.2) is 29.2 Å². The quantitative estimate of drug-likeness (QED) is 0.886. The van der Waals surface area contributed by atoms with Gasteiger partial charge >= 0.3 is 0 Å². The summed E-state index contributed by atoms with van der Waals surface area (Å²) in [6, 6.07) is 7.86. The number of para-hydroxylation sites is 1. The Morgan fingerprint density at radius 1 is 1.26 bits per heavy atom. The van der Waals surface area contributed by atoms with Crippen LogP contribution in [0.4, 0.5) is 5.69 Å². The summed E-state index contributed by atoms with van der Waals surface area (Å²) in [4.78, 5) is 2.68. The summed E-state index contributed by atoms with van der Waals surface area (Å²) in [5.74, 6) is 0.654. The van der Waals surface area contributed by atoms with Crippen LogP contribution in [-0.4, -0.2) is 40.3 Å². The Morgan fingerprint density at radius 2 is 2.05 bits per heavy atom. The predicted molar refractivity (Wildman–Crippen MR) is 76.3 cm³/mol. The maximum absolute atomic E-state index is 11.9. The first kappa shape index (κ1) is 12.9. The molecule has 0 bridgehead atoms. The zero-order valence-corrected chi connectivity index (χ0v) is 12.0. The second-order valence-corrected chi connectivity index (χ2v) is 7.59. The fourth-order valence-corrected chi connectivity index (χ4v) is 4.18. The van der Waals surface area contributed by atoms with Crippen LogP contribution in [0.3, 0.4) is 0 Å². The van der Waals surface area contributed by atoms with Gasteiger partial charge < -0.3 is 10.2 Å². The molecule has 2 aliphatic heterocycles. The number of benzene rings is 1. The van der Waals surface area contributed by atoms with Crippen molar-refractivity contribution in [1.82, 2.24) is 5.32 Å². The van der Waals surface area contributed by atoms with Gasteiger partial charge in [-0.15, -0.1) is 0 Å². The summed E-state index contributed by atoms with van der Waals surface area (Å²) >= 11 is 0. The number of anilines is 1. The summed E-state index contributed by atoms with van der Waals surface area (Å²) in [6.07, 6.45) is 3.76. The molecule has 0 saturated carbocycles. The third-order valence-corrected chi connectivity index (χ3v) is 5.35. The molecule has 0 amide bonds. The van der Waals surface area contributed by atoms with Gasteiger partial charge in [-0.05, 0) is 37.4 Å². The van der Waals surface area contributed by atoms with Crippen LogP contribution < -0.4 is 10.2 Å². The van der Waals surface area contributed by atoms with Crippen LogP contribution >= 0.6 is 0 Å². The molecule has 2 atom stereocenters. The highest BCUT2D eigenvalue weighted by atomic mass is 32.2. The molecule has 2 saturated heterocycles. The smallest absolute Gasteiger partial charge is 0.177 e. The Bertz CT molecular complexity index is 557. The first-order valence-electron chi connectivity index (χ1n) is 6.83. The van der Waals surface area contributed by atoms with Crippen LogP contribution in [0.5, 0.6) is 0 Å². The van der Waals surface area contributed by atoms with E-state index in [1.807, 2.05) is 12.1 Å². The second-order valence-electron chi connectivity index (χ2n) is 5.61. The maximum atomic E-state index is 11.9. The van der Waals surface area contributed by atoms with E-state index in [2.05, 4.69) is 10.2 Å². The van der Waals surface area contributed by atoms with Crippen LogP contribution in [0, 0.1) is 5.92 Å². The van der Waals surface area contributed by atoms with E-state index in [0.29, 0.717) is 16.9 Å². The fraction of sp³-hybridized carbons (Fsp3) is 0.571. The lowest BCUT2D eigenvalue weighted by molar-refractivity contribution is 0.340. The zero-order valence-electron chi connectivity index (χ0n) is 11.2. The Morgan fingerprint density at radius 3 is 2.79 bits per heavy atom. The van der Waals surface area contributed by atoms with Gasteiger partial charge in [-0.3, -0.25) is 0 Å². The topological polar surface area (TPSA) is 49.4 Å². The molecule has 104 valence electrons. The maximum Gasteiger partial charge on any atom is 0.177 e. The van der Waals surface area contributed by atoms with Crippen molar-refractivity contribution in [2.75, 3.05) is 30.8 Å². The van der Waals surface area contributed by atoms with Gasteiger partial charge in [0.1, 0.15) is 0 Å². The normalized spacial score (nSPS) is 27.3. The molecule has 0 aliphatic carbocycles. The van der Waals surface area contributed by atoms with Crippen molar-refractivity contribution in [1.29, 1.82) is 0 Å². The first-order valence-corrected chi connectivity index (χ1v) is 8.72. The second kappa shape index (κ2) is 4.80. The van der Waals surface area contributed by atoms with Gasteiger partial charge in [0.05, 0.1) is 10.6 Å². The van der Waals surface area contributed by atoms with E-state index < -0.39 is 9.84 Å². The molecule has 0 spiro atoms. The van der Waals surface area contributed by atoms with Crippen molar-refractivity contribution in [2.45, 2.75) is 23.8 Å². The average molecular weight is 280 g/mol. The highest BCUT2D eigenvalue weighted by Gasteiger charge is 2.35. The van der Waals surface area contributed by atoms with E-state index in [4.69, 9.17) is 0 Å². The van der Waals surface area contributed by atoms with Crippen LogP contribution in [0.2, 0.25) is 0 Å². The van der Waals surface area contributed by atoms with E-state index >= 15 is 0 Å². The number of sulfone groups is 1. The van der Waals surface area contributed by atoms with Crippen molar-refractivity contribution in [3.05, 3.63) is 24.3 Å². The average Bonchev–Trinajstić information content (AvgIpc) is 2.81. The molecule has 4 nitrogen and oxygen atoms in total. The van der Waals surface area contributed by atoms with Crippen LogP contribution in [-0.2, 0) is 9.84 Å². The van der Waals surface area contributed by atoms with Crippen molar-refractivity contribution in [3.8, 4) is 0 Å². The molecule has 1 N–H and O–H groups in total. The van der Waals surface area contributed by atoms with E-state index in [9.17, 15) is 8.42 Å². The van der Waals surface area contributed by atoms with Gasteiger partial charge in [-0.2, -0.15) is 0 Å². The molecule has 19 heavy (non-hydrogen) atoms. The number of nitrogens with one attached hydrogen (secondary N) is 1. The minimum atomic E-state index is -3.17. The lowest BCUT2D eigenvalue weighted by Crippen LogP contribution is -2.40. The molecular formula is C14H20N2O2S. The number of rotatable bonds is 2. The Balaban J connectivity index is 1.91. The highest BCUT2D eigenvalue weighted by Crippen LogP contribution is 2.32. The summed E-state index contributed by atoms with van der Waals surface area (Å²) in [5.41, 5.74) is 0.862. The number of piperidine rings is 1. The van der Waals surface area contributed by atoms with E-state index in [1.54, 1.807) is 12.1 Å². The minimum Gasteiger partial charge on any atom is -0.369 e. The molecule has 3 rings (SSSR count). The van der Waals surface area contributed by atoms with Crippen molar-refractivity contribution in [2.24, 2.45) is 5.92 Å². The van der Waals surface area contributed by atoms with Crippen LogP contribution in [0.1, 0.15) is 12.8 Å². The Labute approximate surface area is 114 Å². The van der Waals surface area contributed by atoms with Crippen molar-refractivity contribution in [3.63, 3.8) is 0 Å². The molecule has 5 heteroatoms. The zero-order chi connectivity index (χ0) is 13.5. The first-order chi connectivity index (χ1) is 9.05. The standard InChI is InChI=1S/C14H20N2O2S/c1-19(17,18)14-7-3-2-6-13(14)16-9-11-5-4-8-15-12(11)10-16/h2-3,6-7,11-12,15H,4-5,8-10H2,1H3. The van der Waals surface area contributed by atoms with E-state index in [0.717, 1.165) is 25.3 Å². The molecule has 1 aromatic rings. The molecule has 1 aromatic carbocycles. The van der Waals surface area contributed by atoms with E-state index in [-0.39, 0.29) is 0 Å². The molecule has 2 heterocycles. The number of hydrogen-bond donors (Lipinski definition) is 1. The van der Waals surface area contributed by atoms with Crippen molar-refractivity contribution >= 4 is 15.5 Å². The fourth-order valence-electron chi connectivity index (χ4n) is 3.28. The number of fused-ring (bicyclic) bond motifs is 1. The molecule has 0 aromatic heterocycles. The molecule has 0 radical (unpaired) electrons. The molecule has 2 fully saturated rings. The van der Waals surface area contributed by atoms with Gasteiger partial charge in [-0.1, -0.05) is 12.1 Å². The summed E-state index contributed by atoms with van der Waals surface area (Å²) in [6.45, 7) is 2.96. The molecular weight excluding hydrogens is 260 g/mol. The van der Waals surface area contributed by atoms with Gasteiger partial charge in [0.25, 0.3) is 0 Å². The summed E-state index contributed by atoms with van der Waals surface area (Å²) < 4.78 is 23.8. The van der Waals surface area contributed by atoms with E-state index in [1.165, 1.54) is 19.1 Å². The predicted octanol–water partition coefficient (Wildman–Crippen LogP) is 1.28. The largest absolute Gasteiger partial charge is 0.369 e.